The number of fused-ring (bicyclic) bond motifs is 2. The molecule has 0 spiro atoms. The number of hydrogen-bond donors (Lipinski definition) is 0. The molecule has 0 bridgehead atoms. The van der Waals surface area contributed by atoms with Crippen molar-refractivity contribution in [1.29, 1.82) is 0 Å². The predicted molar refractivity (Wildman–Crippen MR) is 121 cm³/mol. The minimum absolute atomic E-state index is 0.0923. The van der Waals surface area contributed by atoms with E-state index in [1.807, 2.05) is 38.1 Å². The summed E-state index contributed by atoms with van der Waals surface area (Å²) in [5.41, 5.74) is 2.15. The van der Waals surface area contributed by atoms with Gasteiger partial charge in [-0.1, -0.05) is 12.1 Å². The van der Waals surface area contributed by atoms with Crippen LogP contribution in [0.4, 0.5) is 0 Å². The van der Waals surface area contributed by atoms with Crippen molar-refractivity contribution < 1.29 is 9.53 Å². The highest BCUT2D eigenvalue weighted by Gasteiger charge is 2.36. The lowest BCUT2D eigenvalue weighted by Gasteiger charge is -2.25. The van der Waals surface area contributed by atoms with Crippen molar-refractivity contribution in [2.75, 3.05) is 20.3 Å². The number of carbonyl (C=O) groups is 1. The third-order valence-corrected chi connectivity index (χ3v) is 6.03. The molecule has 0 saturated carbocycles. The molecule has 1 fully saturated rings. The van der Waals surface area contributed by atoms with Crippen molar-refractivity contribution in [2.24, 2.45) is 0 Å². The molecule has 0 aliphatic carbocycles. The quantitative estimate of drug-likeness (QED) is 0.461. The van der Waals surface area contributed by atoms with Crippen molar-refractivity contribution in [3.63, 3.8) is 0 Å². The lowest BCUT2D eigenvalue weighted by Crippen LogP contribution is -2.36. The first-order valence-electron chi connectivity index (χ1n) is 11.0. The zero-order valence-corrected chi connectivity index (χ0v) is 18.9. The van der Waals surface area contributed by atoms with E-state index in [4.69, 9.17) is 9.72 Å². The Balaban J connectivity index is 1.58. The molecule has 1 amide bonds. The van der Waals surface area contributed by atoms with Gasteiger partial charge in [0.1, 0.15) is 5.82 Å². The van der Waals surface area contributed by atoms with Gasteiger partial charge in [0.25, 0.3) is 17.2 Å². The molecule has 5 rings (SSSR count). The zero-order valence-electron chi connectivity index (χ0n) is 18.9. The van der Waals surface area contributed by atoms with Gasteiger partial charge in [-0.15, -0.1) is 5.10 Å². The number of amides is 1. The van der Waals surface area contributed by atoms with Crippen LogP contribution in [0.15, 0.2) is 35.1 Å². The number of aromatic nitrogens is 6. The summed E-state index contributed by atoms with van der Waals surface area (Å²) in [6.45, 7) is 5.04. The number of rotatable bonds is 5. The molecule has 1 unspecified atom stereocenters. The van der Waals surface area contributed by atoms with Crippen molar-refractivity contribution >= 4 is 22.6 Å². The fourth-order valence-corrected chi connectivity index (χ4v) is 4.50. The maximum absolute atomic E-state index is 13.5. The second kappa shape index (κ2) is 8.36. The van der Waals surface area contributed by atoms with Gasteiger partial charge in [-0.2, -0.15) is 4.98 Å². The summed E-state index contributed by atoms with van der Waals surface area (Å²) >= 11 is 0. The van der Waals surface area contributed by atoms with Crippen LogP contribution in [0.2, 0.25) is 0 Å². The molecule has 10 nitrogen and oxygen atoms in total. The van der Waals surface area contributed by atoms with Crippen LogP contribution in [-0.2, 0) is 11.3 Å². The predicted octanol–water partition coefficient (Wildman–Crippen LogP) is 2.07. The SMILES string of the molecule is COCCn1c(C2CCCN2C(=O)c2nc3nc(C)cc(C)n3n2)nc2ccccc2c1=O. The van der Waals surface area contributed by atoms with E-state index in [2.05, 4.69) is 15.1 Å². The normalized spacial score (nSPS) is 16.2. The lowest BCUT2D eigenvalue weighted by atomic mass is 10.1. The van der Waals surface area contributed by atoms with Gasteiger partial charge in [0.15, 0.2) is 0 Å². The minimum atomic E-state index is -0.353. The lowest BCUT2D eigenvalue weighted by molar-refractivity contribution is 0.0713. The highest BCUT2D eigenvalue weighted by atomic mass is 16.5. The van der Waals surface area contributed by atoms with E-state index in [0.29, 0.717) is 48.6 Å². The number of carbonyl (C=O) groups excluding carboxylic acids is 1. The zero-order chi connectivity index (χ0) is 23.1. The smallest absolute Gasteiger partial charge is 0.294 e. The fourth-order valence-electron chi connectivity index (χ4n) is 4.50. The third-order valence-electron chi connectivity index (χ3n) is 6.03. The Morgan fingerprint density at radius 3 is 2.82 bits per heavy atom. The Morgan fingerprint density at radius 1 is 1.18 bits per heavy atom. The summed E-state index contributed by atoms with van der Waals surface area (Å²) in [4.78, 5) is 42.1. The Morgan fingerprint density at radius 2 is 2.00 bits per heavy atom. The van der Waals surface area contributed by atoms with Crippen molar-refractivity contribution in [3.8, 4) is 0 Å². The van der Waals surface area contributed by atoms with Crippen LogP contribution >= 0.6 is 0 Å². The molecule has 1 aliphatic rings. The highest BCUT2D eigenvalue weighted by molar-refractivity contribution is 5.91. The monoisotopic (exact) mass is 447 g/mol. The van der Waals surface area contributed by atoms with E-state index in [1.165, 1.54) is 0 Å². The number of methoxy groups -OCH3 is 1. The Hall–Kier alpha value is -3.66. The fraction of sp³-hybridized carbons (Fsp3) is 0.391. The van der Waals surface area contributed by atoms with Gasteiger partial charge in [0.2, 0.25) is 5.82 Å². The van der Waals surface area contributed by atoms with E-state index in [1.54, 1.807) is 27.2 Å². The molecule has 1 saturated heterocycles. The van der Waals surface area contributed by atoms with Gasteiger partial charge in [-0.25, -0.2) is 14.5 Å². The summed E-state index contributed by atoms with van der Waals surface area (Å²) in [5.74, 6) is 0.762. The minimum Gasteiger partial charge on any atom is -0.383 e. The van der Waals surface area contributed by atoms with Gasteiger partial charge >= 0.3 is 0 Å². The molecular weight excluding hydrogens is 422 g/mol. The average molecular weight is 447 g/mol. The number of benzene rings is 1. The maximum atomic E-state index is 13.5. The average Bonchev–Trinajstić information content (AvgIpc) is 3.45. The molecule has 4 aromatic rings. The van der Waals surface area contributed by atoms with E-state index in [0.717, 1.165) is 17.8 Å². The summed E-state index contributed by atoms with van der Waals surface area (Å²) in [6.07, 6.45) is 1.50. The van der Waals surface area contributed by atoms with Crippen LogP contribution in [0.25, 0.3) is 16.7 Å². The molecule has 33 heavy (non-hydrogen) atoms. The topological polar surface area (TPSA) is 108 Å². The summed E-state index contributed by atoms with van der Waals surface area (Å²) in [7, 11) is 1.59. The van der Waals surface area contributed by atoms with Crippen molar-refractivity contribution in [3.05, 3.63) is 63.7 Å². The van der Waals surface area contributed by atoms with E-state index in [-0.39, 0.29) is 23.3 Å². The van der Waals surface area contributed by atoms with Gasteiger partial charge in [-0.05, 0) is 44.9 Å². The maximum Gasteiger partial charge on any atom is 0.294 e. The molecule has 1 aliphatic heterocycles. The third kappa shape index (κ3) is 3.66. The number of aryl methyl sites for hydroxylation is 2. The summed E-state index contributed by atoms with van der Waals surface area (Å²) < 4.78 is 8.44. The first-order valence-corrected chi connectivity index (χ1v) is 11.0. The van der Waals surface area contributed by atoms with Crippen LogP contribution in [0.3, 0.4) is 0 Å². The first-order chi connectivity index (χ1) is 16.0. The van der Waals surface area contributed by atoms with Crippen LogP contribution in [0, 0.1) is 13.8 Å². The number of para-hydroxylation sites is 1. The molecule has 4 heterocycles. The van der Waals surface area contributed by atoms with Gasteiger partial charge in [0.05, 0.1) is 30.1 Å². The number of likely N-dealkylation sites (tertiary alicyclic amines) is 1. The standard InChI is InChI=1S/C23H25N7O3/c1-14-13-15(2)30-23(24-14)26-19(27-30)22(32)28-10-6-9-18(28)20-25-17-8-5-4-7-16(17)21(31)29(20)11-12-33-3/h4-5,7-8,13,18H,6,9-12H2,1-3H3. The number of ether oxygens (including phenoxy) is 1. The van der Waals surface area contributed by atoms with Gasteiger partial charge in [-0.3, -0.25) is 14.2 Å². The van der Waals surface area contributed by atoms with E-state index >= 15 is 0 Å². The Bertz CT molecular complexity index is 1430. The van der Waals surface area contributed by atoms with Gasteiger partial charge < -0.3 is 9.64 Å². The van der Waals surface area contributed by atoms with E-state index < -0.39 is 0 Å². The Kier molecular flexibility index (Phi) is 5.37. The summed E-state index contributed by atoms with van der Waals surface area (Å²) in [5, 5.41) is 4.96. The molecule has 170 valence electrons. The first kappa shape index (κ1) is 21.2. The van der Waals surface area contributed by atoms with Crippen LogP contribution in [0.1, 0.15) is 46.7 Å². The van der Waals surface area contributed by atoms with Crippen LogP contribution in [-0.4, -0.2) is 60.2 Å². The van der Waals surface area contributed by atoms with E-state index in [9.17, 15) is 9.59 Å². The second-order valence-electron chi connectivity index (χ2n) is 8.28. The van der Waals surface area contributed by atoms with Crippen LogP contribution < -0.4 is 5.56 Å². The van der Waals surface area contributed by atoms with Crippen molar-refractivity contribution in [1.82, 2.24) is 34.0 Å². The molecule has 1 atom stereocenters. The van der Waals surface area contributed by atoms with Gasteiger partial charge in [0, 0.05) is 25.0 Å². The second-order valence-corrected chi connectivity index (χ2v) is 8.28. The Labute approximate surface area is 189 Å². The largest absolute Gasteiger partial charge is 0.383 e. The molecule has 0 N–H and O–H groups in total. The molecule has 10 heteroatoms. The molecule has 1 aromatic carbocycles. The highest BCUT2D eigenvalue weighted by Crippen LogP contribution is 2.32. The number of nitrogens with zero attached hydrogens (tertiary/aromatic N) is 7. The number of hydrogen-bond acceptors (Lipinski definition) is 7. The molecule has 3 aromatic heterocycles. The molecule has 0 radical (unpaired) electrons. The summed E-state index contributed by atoms with van der Waals surface area (Å²) in [6, 6.07) is 8.81. The van der Waals surface area contributed by atoms with Crippen LogP contribution in [0.5, 0.6) is 0 Å². The van der Waals surface area contributed by atoms with Crippen molar-refractivity contribution in [2.45, 2.75) is 39.3 Å². The molecular formula is C23H25N7O3.